The van der Waals surface area contributed by atoms with Gasteiger partial charge in [-0.1, -0.05) is 18.2 Å². The van der Waals surface area contributed by atoms with E-state index in [1.54, 1.807) is 0 Å². The van der Waals surface area contributed by atoms with E-state index in [1.807, 2.05) is 23.1 Å². The monoisotopic (exact) mass is 333 g/mol. The molecule has 7 nitrogen and oxygen atoms in total. The molecular weight excluding hydrogens is 310 g/mol. The molecule has 1 aromatic carbocycles. The summed E-state index contributed by atoms with van der Waals surface area (Å²) in [6.45, 7) is 0.780. The van der Waals surface area contributed by atoms with Crippen LogP contribution in [-0.2, 0) is 20.7 Å². The topological polar surface area (TPSA) is 87.7 Å². The highest BCUT2D eigenvalue weighted by atomic mass is 16.6. The first-order valence-corrected chi connectivity index (χ1v) is 8.11. The molecule has 0 radical (unpaired) electrons. The van der Waals surface area contributed by atoms with E-state index < -0.39 is 6.09 Å². The van der Waals surface area contributed by atoms with Crippen LogP contribution in [0.5, 0.6) is 0 Å². The van der Waals surface area contributed by atoms with Crippen molar-refractivity contribution in [2.24, 2.45) is 0 Å². The van der Waals surface area contributed by atoms with Crippen molar-refractivity contribution in [2.45, 2.75) is 25.7 Å². The largest absolute Gasteiger partial charge is 0.439 e. The van der Waals surface area contributed by atoms with Crippen LogP contribution in [0.15, 0.2) is 24.3 Å². The third kappa shape index (κ3) is 4.97. The Hall–Kier alpha value is -2.57. The Kier molecular flexibility index (Phi) is 6.60. The molecule has 0 aromatic heterocycles. The fourth-order valence-electron chi connectivity index (χ4n) is 2.58. The zero-order chi connectivity index (χ0) is 17.4. The minimum Gasteiger partial charge on any atom is -0.439 e. The quantitative estimate of drug-likeness (QED) is 0.735. The Bertz CT molecular complexity index is 603. The maximum atomic E-state index is 12.1. The highest BCUT2D eigenvalue weighted by Gasteiger charge is 2.22. The Morgan fingerprint density at radius 1 is 1.21 bits per heavy atom. The van der Waals surface area contributed by atoms with Gasteiger partial charge in [0.15, 0.2) is 6.61 Å². The fraction of sp³-hybridized carbons (Fsp3) is 0.471. The first-order valence-electron chi connectivity index (χ1n) is 8.11. The van der Waals surface area contributed by atoms with Gasteiger partial charge in [0.05, 0.1) is 0 Å². The summed E-state index contributed by atoms with van der Waals surface area (Å²) in [5.74, 6) is -0.209. The van der Waals surface area contributed by atoms with Crippen molar-refractivity contribution >= 4 is 23.6 Å². The number of rotatable bonds is 7. The van der Waals surface area contributed by atoms with Gasteiger partial charge in [-0.05, 0) is 30.9 Å². The molecule has 2 rings (SSSR count). The number of nitrogens with one attached hydrogen (secondary N) is 2. The summed E-state index contributed by atoms with van der Waals surface area (Å²) in [6, 6.07) is 7.95. The highest BCUT2D eigenvalue weighted by molar-refractivity contribution is 5.96. The standard InChI is InChI=1S/C17H23N3O4/c1-18-15(21)12-24-17(23)19-10-4-5-11-20-14-7-3-2-6-13(14)8-9-16(20)22/h2-3,6-7H,4-5,8-12H2,1H3,(H,18,21)(H,19,23). The normalized spacial score (nSPS) is 13.2. The van der Waals surface area contributed by atoms with Gasteiger partial charge in [-0.2, -0.15) is 0 Å². The number of fused-ring (bicyclic) bond motifs is 1. The molecule has 7 heteroatoms. The van der Waals surface area contributed by atoms with Gasteiger partial charge in [-0.3, -0.25) is 9.59 Å². The third-order valence-corrected chi connectivity index (χ3v) is 3.88. The number of nitrogens with zero attached hydrogens (tertiary/aromatic N) is 1. The predicted octanol–water partition coefficient (Wildman–Crippen LogP) is 1.22. The minimum absolute atomic E-state index is 0.145. The highest BCUT2D eigenvalue weighted by Crippen LogP contribution is 2.27. The fourth-order valence-corrected chi connectivity index (χ4v) is 2.58. The van der Waals surface area contributed by atoms with Gasteiger partial charge in [-0.25, -0.2) is 4.79 Å². The lowest BCUT2D eigenvalue weighted by Crippen LogP contribution is -2.36. The molecule has 0 spiro atoms. The second-order valence-corrected chi connectivity index (χ2v) is 5.56. The van der Waals surface area contributed by atoms with Crippen molar-refractivity contribution in [1.82, 2.24) is 10.6 Å². The number of ether oxygens (including phenoxy) is 1. The second kappa shape index (κ2) is 8.90. The van der Waals surface area contributed by atoms with E-state index in [2.05, 4.69) is 16.7 Å². The second-order valence-electron chi connectivity index (χ2n) is 5.56. The van der Waals surface area contributed by atoms with Crippen molar-refractivity contribution in [2.75, 3.05) is 31.6 Å². The van der Waals surface area contributed by atoms with Crippen LogP contribution in [0.4, 0.5) is 10.5 Å². The number of anilines is 1. The molecule has 2 N–H and O–H groups in total. The van der Waals surface area contributed by atoms with Crippen molar-refractivity contribution < 1.29 is 19.1 Å². The van der Waals surface area contributed by atoms with Crippen LogP contribution in [-0.4, -0.2) is 44.7 Å². The molecule has 1 aromatic rings. The third-order valence-electron chi connectivity index (χ3n) is 3.88. The summed E-state index contributed by atoms with van der Waals surface area (Å²) in [7, 11) is 1.48. The van der Waals surface area contributed by atoms with E-state index in [9.17, 15) is 14.4 Å². The van der Waals surface area contributed by atoms with Crippen molar-refractivity contribution in [3.05, 3.63) is 29.8 Å². The molecular formula is C17H23N3O4. The number of aryl methyl sites for hydroxylation is 1. The number of likely N-dealkylation sites (N-methyl/N-ethyl adjacent to an activating group) is 1. The lowest BCUT2D eigenvalue weighted by atomic mass is 10.0. The summed E-state index contributed by atoms with van der Waals surface area (Å²) >= 11 is 0. The van der Waals surface area contributed by atoms with Gasteiger partial charge >= 0.3 is 6.09 Å². The number of para-hydroxylation sites is 1. The average molecular weight is 333 g/mol. The summed E-state index contributed by atoms with van der Waals surface area (Å²) < 4.78 is 4.73. The molecule has 0 fully saturated rings. The number of alkyl carbamates (subject to hydrolysis) is 1. The molecule has 0 saturated heterocycles. The molecule has 1 aliphatic heterocycles. The van der Waals surface area contributed by atoms with Crippen molar-refractivity contribution in [1.29, 1.82) is 0 Å². The van der Waals surface area contributed by atoms with Gasteiger partial charge in [-0.15, -0.1) is 0 Å². The average Bonchev–Trinajstić information content (AvgIpc) is 2.60. The van der Waals surface area contributed by atoms with Gasteiger partial charge in [0.1, 0.15) is 0 Å². The van der Waals surface area contributed by atoms with E-state index >= 15 is 0 Å². The lowest BCUT2D eigenvalue weighted by molar-refractivity contribution is -0.123. The van der Waals surface area contributed by atoms with Gasteiger partial charge in [0.2, 0.25) is 5.91 Å². The molecule has 0 bridgehead atoms. The van der Waals surface area contributed by atoms with Crippen LogP contribution in [0.1, 0.15) is 24.8 Å². The minimum atomic E-state index is -0.613. The van der Waals surface area contributed by atoms with Crippen LogP contribution in [0.25, 0.3) is 0 Å². The maximum Gasteiger partial charge on any atom is 0.407 e. The predicted molar refractivity (Wildman–Crippen MR) is 89.8 cm³/mol. The Labute approximate surface area is 141 Å². The number of unbranched alkanes of at least 4 members (excludes halogenated alkanes) is 1. The summed E-state index contributed by atoms with van der Waals surface area (Å²) in [5.41, 5.74) is 2.19. The van der Waals surface area contributed by atoms with Gasteiger partial charge in [0, 0.05) is 32.2 Å². The lowest BCUT2D eigenvalue weighted by Gasteiger charge is -2.29. The summed E-state index contributed by atoms with van der Waals surface area (Å²) in [5, 5.41) is 4.95. The van der Waals surface area contributed by atoms with E-state index in [0.29, 0.717) is 19.5 Å². The number of hydrogen-bond donors (Lipinski definition) is 2. The SMILES string of the molecule is CNC(=O)COC(=O)NCCCCN1C(=O)CCc2ccccc21. The Morgan fingerprint density at radius 2 is 2.00 bits per heavy atom. The van der Waals surface area contributed by atoms with E-state index in [0.717, 1.165) is 24.9 Å². The van der Waals surface area contributed by atoms with Gasteiger partial charge < -0.3 is 20.3 Å². The molecule has 1 heterocycles. The van der Waals surface area contributed by atoms with Crippen LogP contribution < -0.4 is 15.5 Å². The van der Waals surface area contributed by atoms with Crippen LogP contribution in [0.3, 0.4) is 0 Å². The van der Waals surface area contributed by atoms with Crippen LogP contribution in [0, 0.1) is 0 Å². The Morgan fingerprint density at radius 3 is 2.79 bits per heavy atom. The molecule has 3 amide bonds. The molecule has 0 aliphatic carbocycles. The number of carbonyl (C=O) groups excluding carboxylic acids is 3. The summed E-state index contributed by atoms with van der Waals surface area (Å²) in [4.78, 5) is 36.2. The zero-order valence-electron chi connectivity index (χ0n) is 13.8. The molecule has 24 heavy (non-hydrogen) atoms. The zero-order valence-corrected chi connectivity index (χ0v) is 13.8. The number of hydrogen-bond acceptors (Lipinski definition) is 4. The van der Waals surface area contributed by atoms with Crippen molar-refractivity contribution in [3.8, 4) is 0 Å². The number of carbonyl (C=O) groups is 3. The van der Waals surface area contributed by atoms with Crippen LogP contribution >= 0.6 is 0 Å². The molecule has 0 unspecified atom stereocenters. The van der Waals surface area contributed by atoms with E-state index in [1.165, 1.54) is 12.6 Å². The smallest absolute Gasteiger partial charge is 0.407 e. The van der Waals surface area contributed by atoms with Crippen LogP contribution in [0.2, 0.25) is 0 Å². The molecule has 1 aliphatic rings. The van der Waals surface area contributed by atoms with Crippen molar-refractivity contribution in [3.63, 3.8) is 0 Å². The number of amides is 3. The maximum absolute atomic E-state index is 12.1. The molecule has 130 valence electrons. The summed E-state index contributed by atoms with van der Waals surface area (Å²) in [6.07, 6.45) is 2.22. The van der Waals surface area contributed by atoms with E-state index in [-0.39, 0.29) is 18.4 Å². The number of benzene rings is 1. The first kappa shape index (κ1) is 17.8. The Balaban J connectivity index is 1.68. The van der Waals surface area contributed by atoms with E-state index in [4.69, 9.17) is 4.74 Å². The molecule has 0 saturated carbocycles. The van der Waals surface area contributed by atoms with Gasteiger partial charge in [0.25, 0.3) is 5.91 Å². The molecule has 0 atom stereocenters. The first-order chi connectivity index (χ1) is 11.6.